The highest BCUT2D eigenvalue weighted by Crippen LogP contribution is 2.59. The summed E-state index contributed by atoms with van der Waals surface area (Å²) >= 11 is 9.53. The van der Waals surface area contributed by atoms with Gasteiger partial charge in [0.15, 0.2) is 106 Å². The molecule has 2 fully saturated rings. The minimum absolute atomic E-state index is 0.175. The molecule has 0 aromatic heterocycles. The summed E-state index contributed by atoms with van der Waals surface area (Å²) in [5.41, 5.74) is -23.1. The Kier molecular flexibility index (Phi) is 20.2. The average Bonchev–Trinajstić information content (AvgIpc) is 0.959. The lowest BCUT2D eigenvalue weighted by Gasteiger charge is -2.58. The second kappa shape index (κ2) is 24.8. The Morgan fingerprint density at radius 1 is 0.374 bits per heavy atom. The molecule has 0 spiro atoms. The molecule has 4 aromatic rings. The molecule has 4 atom stereocenters. The Balaban J connectivity index is 0.000000277. The summed E-state index contributed by atoms with van der Waals surface area (Å²) in [5, 5.41) is 0.194. The highest BCUT2D eigenvalue weighted by Gasteiger charge is 2.76. The first-order valence-electron chi connectivity index (χ1n) is 25.1. The summed E-state index contributed by atoms with van der Waals surface area (Å²) in [7, 11) is 2.60. The van der Waals surface area contributed by atoms with Crippen LogP contribution in [0.5, 0.6) is 0 Å². The highest BCUT2D eigenvalue weighted by atomic mass is 35.5. The van der Waals surface area contributed by atoms with Crippen molar-refractivity contribution in [3.05, 3.63) is 140 Å². The van der Waals surface area contributed by atoms with Crippen LogP contribution in [0.4, 0.5) is 140 Å². The van der Waals surface area contributed by atoms with E-state index in [1.54, 1.807) is 0 Å². The lowest BCUT2D eigenvalue weighted by Crippen LogP contribution is -2.77. The number of hydrogen-bond acceptors (Lipinski definition) is 2. The number of nitrogens with zero attached hydrogens (tertiary/aromatic N) is 2. The Morgan fingerprint density at radius 3 is 0.681 bits per heavy atom. The fraction of sp³-hybridized carbons (Fsp3) is 0.412. The molecule has 0 radical (unpaired) electrons. The van der Waals surface area contributed by atoms with Crippen LogP contribution in [0, 0.1) is 128 Å². The zero-order valence-electron chi connectivity index (χ0n) is 45.7. The van der Waals surface area contributed by atoms with Gasteiger partial charge >= 0.3 is 24.7 Å². The van der Waals surface area contributed by atoms with Crippen molar-refractivity contribution in [3.63, 3.8) is 0 Å². The van der Waals surface area contributed by atoms with Crippen molar-refractivity contribution in [2.45, 2.75) is 101 Å². The Morgan fingerprint density at radius 2 is 0.538 bits per heavy atom. The fourth-order valence-electron chi connectivity index (χ4n) is 12.1. The van der Waals surface area contributed by atoms with E-state index < -0.39 is 247 Å². The molecule has 0 amide bonds. The van der Waals surface area contributed by atoms with E-state index in [0.29, 0.717) is 0 Å². The first-order valence-corrected chi connectivity index (χ1v) is 26.2. The molecular weight excluding hydrogens is 1370 g/mol. The minimum Gasteiger partial charge on any atom is -0.564 e. The maximum absolute atomic E-state index is 15.3. The van der Waals surface area contributed by atoms with E-state index in [0.717, 1.165) is 12.2 Å². The van der Waals surface area contributed by atoms with Crippen LogP contribution in [0.2, 0.25) is 12.6 Å². The predicted octanol–water partition coefficient (Wildman–Crippen LogP) is 14.4. The number of allylic oxidation sites excluding steroid dienone is 2. The minimum atomic E-state index is -6.72. The molecule has 0 N–H and O–H groups in total. The highest BCUT2D eigenvalue weighted by molar-refractivity contribution is 6.98. The molecule has 4 heterocycles. The molecule has 0 saturated carbocycles. The molecule has 4 aliphatic rings. The third-order valence-corrected chi connectivity index (χ3v) is 16.7. The van der Waals surface area contributed by atoms with Gasteiger partial charge in [0.2, 0.25) is 11.2 Å². The van der Waals surface area contributed by atoms with Crippen LogP contribution in [-0.4, -0.2) is 101 Å². The fourth-order valence-corrected chi connectivity index (χ4v) is 12.1. The number of rotatable bonds is 6. The zero-order chi connectivity index (χ0) is 70.0. The van der Waals surface area contributed by atoms with E-state index in [4.69, 9.17) is 23.2 Å². The average molecular weight is 1410 g/mol. The van der Waals surface area contributed by atoms with Crippen LogP contribution in [-0.2, 0) is 9.31 Å². The molecule has 0 unspecified atom stereocenters. The van der Waals surface area contributed by atoms with Crippen molar-refractivity contribution in [1.29, 1.82) is 0 Å². The maximum Gasteiger partial charge on any atom is 0.422 e. The molecule has 4 nitrogen and oxygen atoms in total. The van der Waals surface area contributed by atoms with Crippen molar-refractivity contribution < 1.29 is 159 Å². The zero-order valence-corrected chi connectivity index (χ0v) is 47.2. The van der Waals surface area contributed by atoms with Crippen molar-refractivity contribution >= 4 is 69.2 Å². The number of benzene rings is 4. The molecule has 0 aliphatic carbocycles. The topological polar surface area (TPSA) is 24.5 Å². The molecule has 504 valence electrons. The van der Waals surface area contributed by atoms with Gasteiger partial charge < -0.3 is 9.31 Å². The molecule has 2 saturated heterocycles. The van der Waals surface area contributed by atoms with Crippen molar-refractivity contribution in [2.75, 3.05) is 19.4 Å². The van der Waals surface area contributed by atoms with Gasteiger partial charge in [-0.25, -0.2) is 97.0 Å². The molecule has 8 rings (SSSR count). The maximum atomic E-state index is 15.3. The van der Waals surface area contributed by atoms with Crippen LogP contribution >= 0.6 is 23.2 Å². The van der Waals surface area contributed by atoms with E-state index in [1.807, 2.05) is 0 Å². The third kappa shape index (κ3) is 11.5. The lowest BCUT2D eigenvalue weighted by atomic mass is 9.26. The summed E-state index contributed by atoms with van der Waals surface area (Å²) in [4.78, 5) is 0. The van der Waals surface area contributed by atoms with E-state index in [9.17, 15) is 105 Å². The number of likely N-dealkylation sites (N-methyl/N-ethyl adjacent to an activating group) is 2. The van der Waals surface area contributed by atoms with E-state index in [1.165, 1.54) is 50.9 Å². The van der Waals surface area contributed by atoms with Crippen LogP contribution in [0.25, 0.3) is 0 Å². The van der Waals surface area contributed by atoms with Gasteiger partial charge in [-0.2, -0.15) is 52.7 Å². The lowest BCUT2D eigenvalue weighted by molar-refractivity contribution is -0.521. The molecule has 91 heavy (non-hydrogen) atoms. The van der Waals surface area contributed by atoms with Crippen LogP contribution in [0.1, 0.15) is 40.5 Å². The molecule has 40 heteroatoms. The largest absolute Gasteiger partial charge is 0.564 e. The Labute approximate surface area is 499 Å². The van der Waals surface area contributed by atoms with Gasteiger partial charge in [0.1, 0.15) is 60.6 Å². The number of alkyl halides is 14. The van der Waals surface area contributed by atoms with Gasteiger partial charge in [-0.1, -0.05) is 21.9 Å². The predicted molar refractivity (Wildman–Crippen MR) is 258 cm³/mol. The van der Waals surface area contributed by atoms with E-state index >= 15 is 35.1 Å². The second-order valence-electron chi connectivity index (χ2n) is 21.2. The summed E-state index contributed by atoms with van der Waals surface area (Å²) in [6.07, 6.45) is -44.8. The van der Waals surface area contributed by atoms with Gasteiger partial charge in [0, 0.05) is 51.0 Å². The van der Waals surface area contributed by atoms with Crippen LogP contribution < -0.4 is 21.9 Å². The van der Waals surface area contributed by atoms with Crippen molar-refractivity contribution in [2.24, 2.45) is 11.8 Å². The van der Waals surface area contributed by atoms with Gasteiger partial charge in [-0.15, -0.1) is 35.8 Å². The first-order chi connectivity index (χ1) is 41.3. The molecule has 4 aliphatic heterocycles. The van der Waals surface area contributed by atoms with Crippen molar-refractivity contribution in [1.82, 2.24) is 0 Å². The number of hydrogen-bond donors (Lipinski definition) is 0. The van der Waals surface area contributed by atoms with Crippen molar-refractivity contribution in [3.8, 4) is 0 Å². The molecular formula is C51H34B2Cl2F32N2O2. The number of halogens is 34. The van der Waals surface area contributed by atoms with E-state index in [2.05, 4.69) is 9.31 Å². The molecule has 0 bridgehead atoms. The summed E-state index contributed by atoms with van der Waals surface area (Å²) in [6, 6.07) is -2.28. The van der Waals surface area contributed by atoms with Crippen LogP contribution in [0.15, 0.2) is 23.3 Å². The molecule has 4 aromatic carbocycles. The van der Waals surface area contributed by atoms with Gasteiger partial charge in [-0.05, 0) is 24.7 Å². The third-order valence-electron chi connectivity index (χ3n) is 16.7. The Bertz CT molecular complexity index is 3240. The summed E-state index contributed by atoms with van der Waals surface area (Å²) in [5.74, 6) is -66.7. The smallest absolute Gasteiger partial charge is 0.422 e. The summed E-state index contributed by atoms with van der Waals surface area (Å²) < 4.78 is 480. The van der Waals surface area contributed by atoms with Gasteiger partial charge in [0.25, 0.3) is 0 Å². The first kappa shape index (κ1) is 74.1. The van der Waals surface area contributed by atoms with Gasteiger partial charge in [-0.3, -0.25) is 0 Å². The van der Waals surface area contributed by atoms with E-state index in [-0.39, 0.29) is 16.8 Å². The normalized spacial score (nSPS) is 21.6. The van der Waals surface area contributed by atoms with Crippen LogP contribution in [0.3, 0.4) is 0 Å². The monoisotopic (exact) mass is 1410 g/mol. The quantitative estimate of drug-likeness (QED) is 0.0480. The Hall–Kier alpha value is -5.91. The second-order valence-corrected chi connectivity index (χ2v) is 22.1. The SMILES string of the molecule is CC1=[N+](C)[C@@H](C)C([C@@H]2C[B-](c3c(F)c(F)c(F)c(F)c3F)(c3c(F)c(F)c(F)c(F)c3F)OC(C(F)(F)F)(C(F)(F)F)C2)=C1.CC1=[N+](C)[C@H](C)C([C@H]2C[B-](c3c(F)c(F)c(F)c(F)c3F)(c3c(F)c(F)c(F)c(F)c3F)OC(C(F)(F)F)(C(F)(F)F)C2)=C1.ClCCl. The standard InChI is InChI=1S/2C25H16BF16NO.CH2Cl2/c2*1-7-4-10(8(2)43(7)3)9-5-23(24(37,38)39,25(40,41)42)44-26(6-9,11-13(27)17(31)21(35)18(32)14(11)28)12-15(29)19(33)22(36)20(34)16(12)30;2-1-3/h2*4,8-9H,5-6H2,1-3H3;1H2/t2*8-,9-;/m10./s1. The summed E-state index contributed by atoms with van der Waals surface area (Å²) in [6.45, 7) is 5.06. The van der Waals surface area contributed by atoms with Gasteiger partial charge in [0.05, 0.1) is 5.34 Å².